The summed E-state index contributed by atoms with van der Waals surface area (Å²) in [5.41, 5.74) is 1.90. The second-order valence-electron chi connectivity index (χ2n) is 4.88. The third-order valence-electron chi connectivity index (χ3n) is 2.96. The first-order valence-corrected chi connectivity index (χ1v) is 9.10. The number of hydrogen-bond donors (Lipinski definition) is 1. The van der Waals surface area contributed by atoms with Gasteiger partial charge in [0.2, 0.25) is 0 Å². The summed E-state index contributed by atoms with van der Waals surface area (Å²) in [6.45, 7) is 6.00. The molecule has 1 N–H and O–H groups in total. The van der Waals surface area contributed by atoms with Gasteiger partial charge < -0.3 is 4.55 Å². The topological polar surface area (TPSA) is 73.8 Å². The number of unbranched alkanes of at least 4 members (excludes halogenated alkanes) is 1. The Labute approximate surface area is 132 Å². The molecule has 2 aromatic rings. The lowest BCUT2D eigenvalue weighted by Gasteiger charge is -2.14. The molecule has 7 heteroatoms. The molecule has 0 aliphatic rings. The predicted molar refractivity (Wildman–Crippen MR) is 87.3 cm³/mol. The van der Waals surface area contributed by atoms with E-state index in [1.807, 2.05) is 26.0 Å². The monoisotopic (exact) mass is 324 g/mol. The number of aromatic nitrogens is 3. The molecule has 2 aromatic heterocycles. The largest absolute Gasteiger partial charge is 0.598 e. The zero-order chi connectivity index (χ0) is 15.2. The van der Waals surface area contributed by atoms with E-state index in [0.29, 0.717) is 11.6 Å². The molecule has 114 valence electrons. The average molecular weight is 324 g/mol. The van der Waals surface area contributed by atoms with E-state index in [1.54, 1.807) is 6.20 Å². The fourth-order valence-electron chi connectivity index (χ4n) is 1.79. The maximum absolute atomic E-state index is 11.9. The number of hydrogen-bond acceptors (Lipinski definition) is 6. The van der Waals surface area contributed by atoms with Gasteiger partial charge in [0.1, 0.15) is 16.8 Å². The Balaban J connectivity index is 2.02. The van der Waals surface area contributed by atoms with Crippen molar-refractivity contribution in [2.24, 2.45) is 0 Å². The highest BCUT2D eigenvalue weighted by Crippen LogP contribution is 2.22. The minimum atomic E-state index is -1.01. The normalized spacial score (nSPS) is 14.1. The van der Waals surface area contributed by atoms with Crippen LogP contribution in [0.4, 0.5) is 0 Å². The second-order valence-corrected chi connectivity index (χ2v) is 7.00. The molecule has 2 heterocycles. The highest BCUT2D eigenvalue weighted by Gasteiger charge is 2.18. The highest BCUT2D eigenvalue weighted by atomic mass is 32.2. The van der Waals surface area contributed by atoms with Crippen LogP contribution in [0.5, 0.6) is 0 Å². The van der Waals surface area contributed by atoms with E-state index in [2.05, 4.69) is 26.0 Å². The highest BCUT2D eigenvalue weighted by molar-refractivity contribution is 7.89. The van der Waals surface area contributed by atoms with Gasteiger partial charge in [-0.1, -0.05) is 13.3 Å². The fourth-order valence-corrected chi connectivity index (χ4v) is 3.71. The predicted octanol–water partition coefficient (Wildman–Crippen LogP) is 3.02. The van der Waals surface area contributed by atoms with Gasteiger partial charge in [0, 0.05) is 28.8 Å². The minimum Gasteiger partial charge on any atom is -0.598 e. The zero-order valence-electron chi connectivity index (χ0n) is 12.5. The standard InChI is InChI=1S/C14H20N4OS2/c1-4-5-8-21(19)18-11(3)14-16-13(17-20-14)12-6-7-15-10(2)9-12/h6-7,9,11,18H,4-5,8H2,1-3H3/t11-,21+/m1/s1. The third-order valence-corrected chi connectivity index (χ3v) is 5.13. The number of pyridine rings is 1. The molecule has 2 atom stereocenters. The molecule has 0 amide bonds. The van der Waals surface area contributed by atoms with Gasteiger partial charge in [-0.25, -0.2) is 4.98 Å². The van der Waals surface area contributed by atoms with E-state index in [9.17, 15) is 4.55 Å². The van der Waals surface area contributed by atoms with Crippen molar-refractivity contribution in [3.63, 3.8) is 0 Å². The molecule has 0 aliphatic heterocycles. The van der Waals surface area contributed by atoms with Crippen LogP contribution in [0, 0.1) is 6.92 Å². The van der Waals surface area contributed by atoms with Crippen molar-refractivity contribution in [2.45, 2.75) is 39.7 Å². The Kier molecular flexibility index (Phi) is 6.10. The molecule has 0 spiro atoms. The molecule has 0 bridgehead atoms. The van der Waals surface area contributed by atoms with Gasteiger partial charge in [-0.3, -0.25) is 4.98 Å². The SMILES string of the molecule is CCCC[S@+]([O-])N[C@H](C)c1nc(-c2ccnc(C)c2)ns1. The van der Waals surface area contributed by atoms with E-state index in [-0.39, 0.29) is 6.04 Å². The Morgan fingerprint density at radius 1 is 1.48 bits per heavy atom. The quantitative estimate of drug-likeness (QED) is 0.793. The summed E-state index contributed by atoms with van der Waals surface area (Å²) in [6, 6.07) is 3.80. The van der Waals surface area contributed by atoms with Crippen LogP contribution in [0.1, 0.15) is 43.4 Å². The molecule has 0 saturated heterocycles. The summed E-state index contributed by atoms with van der Waals surface area (Å²) in [5.74, 6) is 1.38. The maximum atomic E-state index is 11.9. The molecule has 0 unspecified atom stereocenters. The number of nitrogens with zero attached hydrogens (tertiary/aromatic N) is 3. The van der Waals surface area contributed by atoms with Crippen molar-refractivity contribution in [2.75, 3.05) is 5.75 Å². The van der Waals surface area contributed by atoms with E-state index in [0.717, 1.165) is 29.1 Å². The lowest BCUT2D eigenvalue weighted by Crippen LogP contribution is -2.29. The van der Waals surface area contributed by atoms with Gasteiger partial charge >= 0.3 is 0 Å². The van der Waals surface area contributed by atoms with E-state index in [1.165, 1.54) is 11.5 Å². The maximum Gasteiger partial charge on any atom is 0.173 e. The van der Waals surface area contributed by atoms with Crippen LogP contribution in [0.25, 0.3) is 11.4 Å². The Morgan fingerprint density at radius 2 is 2.29 bits per heavy atom. The number of nitrogens with one attached hydrogen (secondary N) is 1. The fraction of sp³-hybridized carbons (Fsp3) is 0.500. The average Bonchev–Trinajstić information content (AvgIpc) is 2.95. The summed E-state index contributed by atoms with van der Waals surface area (Å²) >= 11 is 0.335. The molecule has 0 aliphatic carbocycles. The van der Waals surface area contributed by atoms with Crippen molar-refractivity contribution in [3.05, 3.63) is 29.0 Å². The van der Waals surface area contributed by atoms with Gasteiger partial charge in [-0.2, -0.15) is 4.37 Å². The minimum absolute atomic E-state index is 0.0585. The molecule has 0 saturated carbocycles. The second kappa shape index (κ2) is 7.84. The van der Waals surface area contributed by atoms with E-state index >= 15 is 0 Å². The van der Waals surface area contributed by atoms with Gasteiger partial charge in [0.05, 0.1) is 0 Å². The van der Waals surface area contributed by atoms with E-state index < -0.39 is 11.4 Å². The van der Waals surface area contributed by atoms with Gasteiger partial charge in [0.15, 0.2) is 5.82 Å². The number of rotatable bonds is 7. The van der Waals surface area contributed by atoms with Crippen LogP contribution >= 0.6 is 11.5 Å². The molecule has 21 heavy (non-hydrogen) atoms. The summed E-state index contributed by atoms with van der Waals surface area (Å²) < 4.78 is 19.3. The first-order chi connectivity index (χ1) is 10.1. The smallest absolute Gasteiger partial charge is 0.173 e. The molecule has 0 aromatic carbocycles. The Bertz CT molecular complexity index is 576. The van der Waals surface area contributed by atoms with Crippen LogP contribution in [0.2, 0.25) is 0 Å². The molecule has 2 rings (SSSR count). The van der Waals surface area contributed by atoms with Gasteiger partial charge in [-0.05, 0) is 43.9 Å². The van der Waals surface area contributed by atoms with E-state index in [4.69, 9.17) is 0 Å². The Morgan fingerprint density at radius 3 is 3.00 bits per heavy atom. The molecule has 0 fully saturated rings. The molecular weight excluding hydrogens is 304 g/mol. The van der Waals surface area contributed by atoms with Crippen LogP contribution in [0.15, 0.2) is 18.3 Å². The lowest BCUT2D eigenvalue weighted by atomic mass is 10.2. The summed E-state index contributed by atoms with van der Waals surface area (Å²) in [5, 5.41) is 0.851. The van der Waals surface area contributed by atoms with Crippen molar-refractivity contribution >= 4 is 22.9 Å². The van der Waals surface area contributed by atoms with Crippen LogP contribution in [0.3, 0.4) is 0 Å². The summed E-state index contributed by atoms with van der Waals surface area (Å²) in [6.07, 6.45) is 3.77. The van der Waals surface area contributed by atoms with Gasteiger partial charge in [0.25, 0.3) is 0 Å². The third kappa shape index (κ3) is 4.74. The summed E-state index contributed by atoms with van der Waals surface area (Å²) in [4.78, 5) is 8.71. The first kappa shape index (κ1) is 16.4. The van der Waals surface area contributed by atoms with Crippen molar-refractivity contribution < 1.29 is 4.55 Å². The number of aryl methyl sites for hydroxylation is 1. The zero-order valence-corrected chi connectivity index (χ0v) is 14.1. The van der Waals surface area contributed by atoms with Crippen molar-refractivity contribution in [1.82, 2.24) is 19.1 Å². The van der Waals surface area contributed by atoms with Gasteiger partial charge in [-0.15, -0.1) is 4.72 Å². The van der Waals surface area contributed by atoms with Crippen molar-refractivity contribution in [3.8, 4) is 11.4 Å². The van der Waals surface area contributed by atoms with Crippen LogP contribution in [-0.4, -0.2) is 24.6 Å². The lowest BCUT2D eigenvalue weighted by molar-refractivity contribution is 0.562. The Hall–Kier alpha value is -1.02. The molecular formula is C14H20N4OS2. The van der Waals surface area contributed by atoms with Crippen molar-refractivity contribution in [1.29, 1.82) is 0 Å². The van der Waals surface area contributed by atoms with Crippen LogP contribution < -0.4 is 4.72 Å². The first-order valence-electron chi connectivity index (χ1n) is 7.01. The molecule has 0 radical (unpaired) electrons. The summed E-state index contributed by atoms with van der Waals surface area (Å²) in [7, 11) is 0. The van der Waals surface area contributed by atoms with Crippen LogP contribution in [-0.2, 0) is 11.4 Å². The molecule has 5 nitrogen and oxygen atoms in total.